The maximum atomic E-state index is 13.3. The van der Waals surface area contributed by atoms with Gasteiger partial charge in [0.15, 0.2) is 0 Å². The van der Waals surface area contributed by atoms with Crippen LogP contribution in [0.1, 0.15) is 49.9 Å². The van der Waals surface area contributed by atoms with Gasteiger partial charge >= 0.3 is 0 Å². The number of nitrogens with one attached hydrogen (secondary N) is 2. The van der Waals surface area contributed by atoms with Crippen LogP contribution in [0.2, 0.25) is 5.02 Å². The largest absolute Gasteiger partial charge is 0.496 e. The van der Waals surface area contributed by atoms with Gasteiger partial charge < -0.3 is 20.3 Å². The number of hydrogen-bond acceptors (Lipinski definition) is 5. The first-order valence-electron chi connectivity index (χ1n) is 11.3. The monoisotopic (exact) mass is 436 g/mol. The highest BCUT2D eigenvalue weighted by molar-refractivity contribution is 6.33. The van der Waals surface area contributed by atoms with Gasteiger partial charge in [0.25, 0.3) is 5.91 Å². The highest BCUT2D eigenvalue weighted by Gasteiger charge is 2.43. The lowest BCUT2D eigenvalue weighted by molar-refractivity contribution is -0.00294. The second-order valence-electron chi connectivity index (χ2n) is 8.52. The molecule has 3 fully saturated rings. The van der Waals surface area contributed by atoms with Gasteiger partial charge in [0.2, 0.25) is 0 Å². The fraction of sp³-hybridized carbons (Fsp3) is 0.696. The molecule has 3 heterocycles. The molecule has 2 N–H and O–H groups in total. The lowest BCUT2D eigenvalue weighted by Crippen LogP contribution is -2.66. The van der Waals surface area contributed by atoms with E-state index < -0.39 is 0 Å². The first-order valence-corrected chi connectivity index (χ1v) is 11.7. The molecule has 0 saturated carbocycles. The third-order valence-electron chi connectivity index (χ3n) is 6.59. The molecule has 4 rings (SSSR count). The van der Waals surface area contributed by atoms with E-state index in [1.807, 2.05) is 0 Å². The molecule has 3 aliphatic heterocycles. The summed E-state index contributed by atoms with van der Waals surface area (Å²) in [5.74, 6) is 0.974. The van der Waals surface area contributed by atoms with Crippen molar-refractivity contribution in [2.75, 3.05) is 52.2 Å². The number of benzene rings is 1. The van der Waals surface area contributed by atoms with E-state index >= 15 is 0 Å². The average molecular weight is 437 g/mol. The number of carbonyl (C=O) groups is 1. The summed E-state index contributed by atoms with van der Waals surface area (Å²) in [6, 6.07) is 4.01. The van der Waals surface area contributed by atoms with Gasteiger partial charge in [-0.3, -0.25) is 9.69 Å². The number of methoxy groups -OCH3 is 1. The molecule has 2 unspecified atom stereocenters. The first kappa shape index (κ1) is 23.2. The molecular formula is C23H37ClN4O2. The van der Waals surface area contributed by atoms with Gasteiger partial charge in [-0.05, 0) is 63.8 Å². The highest BCUT2D eigenvalue weighted by Crippen LogP contribution is 2.35. The summed E-state index contributed by atoms with van der Waals surface area (Å²) in [7, 11) is 3.39. The van der Waals surface area contributed by atoms with E-state index in [1.54, 1.807) is 26.3 Å². The molecule has 0 spiro atoms. The second kappa shape index (κ2) is 10.7. The molecule has 3 saturated heterocycles. The first-order chi connectivity index (χ1) is 14.5. The van der Waals surface area contributed by atoms with Crippen LogP contribution in [-0.2, 0) is 0 Å². The van der Waals surface area contributed by atoms with Crippen LogP contribution in [-0.4, -0.2) is 74.7 Å². The summed E-state index contributed by atoms with van der Waals surface area (Å²) in [5, 5.41) is 6.93. The van der Waals surface area contributed by atoms with Crippen molar-refractivity contribution >= 4 is 23.2 Å². The number of hydrogen-bond donors (Lipinski definition) is 2. The van der Waals surface area contributed by atoms with E-state index in [9.17, 15) is 4.79 Å². The third-order valence-corrected chi connectivity index (χ3v) is 6.90. The topological polar surface area (TPSA) is 56.8 Å². The maximum absolute atomic E-state index is 13.3. The molecule has 2 atom stereocenters. The summed E-state index contributed by atoms with van der Waals surface area (Å²) in [5.41, 5.74) is 1.25. The SMILES string of the molecule is CCCN(CCC)CC1C(NC(=O)c2cc(Cl)c(NC)cc2OC)C2CCN1CC2. The number of carbonyl (C=O) groups excluding carboxylic acids is 1. The number of fused-ring (bicyclic) bond motifs is 3. The van der Waals surface area contributed by atoms with Gasteiger partial charge in [-0.1, -0.05) is 25.4 Å². The molecule has 1 aromatic carbocycles. The molecule has 2 bridgehead atoms. The Bertz CT molecular complexity index is 715. The highest BCUT2D eigenvalue weighted by atomic mass is 35.5. The molecule has 0 aromatic heterocycles. The van der Waals surface area contributed by atoms with E-state index in [0.717, 1.165) is 64.1 Å². The maximum Gasteiger partial charge on any atom is 0.255 e. The van der Waals surface area contributed by atoms with Crippen molar-refractivity contribution in [1.29, 1.82) is 0 Å². The molecule has 1 amide bonds. The summed E-state index contributed by atoms with van der Waals surface area (Å²) < 4.78 is 5.49. The van der Waals surface area contributed by atoms with Crippen LogP contribution >= 0.6 is 11.6 Å². The van der Waals surface area contributed by atoms with Crippen molar-refractivity contribution in [1.82, 2.24) is 15.1 Å². The smallest absolute Gasteiger partial charge is 0.255 e. The Labute approximate surface area is 186 Å². The fourth-order valence-corrected chi connectivity index (χ4v) is 5.36. The zero-order valence-corrected chi connectivity index (χ0v) is 19.6. The van der Waals surface area contributed by atoms with E-state index in [1.165, 1.54) is 0 Å². The summed E-state index contributed by atoms with van der Waals surface area (Å²) in [6.45, 7) is 9.98. The predicted molar refractivity (Wildman–Crippen MR) is 124 cm³/mol. The van der Waals surface area contributed by atoms with Crippen molar-refractivity contribution in [3.05, 3.63) is 22.7 Å². The Morgan fingerprint density at radius 2 is 1.90 bits per heavy atom. The molecule has 0 aliphatic carbocycles. The molecular weight excluding hydrogens is 400 g/mol. The predicted octanol–water partition coefficient (Wildman–Crippen LogP) is 3.70. The van der Waals surface area contributed by atoms with Crippen molar-refractivity contribution in [2.24, 2.45) is 5.92 Å². The van der Waals surface area contributed by atoms with Gasteiger partial charge in [0.05, 0.1) is 23.4 Å². The van der Waals surface area contributed by atoms with Crippen molar-refractivity contribution in [3.8, 4) is 5.75 Å². The Morgan fingerprint density at radius 1 is 1.23 bits per heavy atom. The van der Waals surface area contributed by atoms with Crippen molar-refractivity contribution < 1.29 is 9.53 Å². The van der Waals surface area contributed by atoms with E-state index in [2.05, 4.69) is 34.3 Å². The number of rotatable bonds is 10. The lowest BCUT2D eigenvalue weighted by Gasteiger charge is -2.52. The van der Waals surface area contributed by atoms with Crippen molar-refractivity contribution in [2.45, 2.75) is 51.6 Å². The minimum Gasteiger partial charge on any atom is -0.496 e. The minimum atomic E-state index is -0.0994. The standard InChI is InChI=1S/C23H37ClN4O2/c1-5-9-27(10-6-2)15-20-22(16-7-11-28(20)12-8-16)26-23(29)17-13-18(24)19(25-3)14-21(17)30-4/h13-14,16,20,22,25H,5-12,15H2,1-4H3,(H,26,29). The van der Waals surface area contributed by atoms with Gasteiger partial charge in [0.1, 0.15) is 5.75 Å². The van der Waals surface area contributed by atoms with Crippen LogP contribution in [0.5, 0.6) is 5.75 Å². The number of amides is 1. The normalized spacial score (nSPS) is 25.4. The zero-order valence-electron chi connectivity index (χ0n) is 18.8. The molecule has 3 aliphatic rings. The number of nitrogens with zero attached hydrogens (tertiary/aromatic N) is 2. The summed E-state index contributed by atoms with van der Waals surface area (Å²) in [6.07, 6.45) is 4.61. The van der Waals surface area contributed by atoms with Crippen LogP contribution in [0, 0.1) is 5.92 Å². The fourth-order valence-electron chi connectivity index (χ4n) is 5.11. The molecule has 168 valence electrons. The molecule has 1 aromatic rings. The number of piperidine rings is 3. The number of halogens is 1. The Morgan fingerprint density at radius 3 is 2.47 bits per heavy atom. The van der Waals surface area contributed by atoms with Gasteiger partial charge in [-0.25, -0.2) is 0 Å². The van der Waals surface area contributed by atoms with E-state index in [4.69, 9.17) is 16.3 Å². The summed E-state index contributed by atoms with van der Waals surface area (Å²) >= 11 is 6.36. The average Bonchev–Trinajstić information content (AvgIpc) is 2.76. The van der Waals surface area contributed by atoms with Gasteiger partial charge in [-0.15, -0.1) is 0 Å². The Kier molecular flexibility index (Phi) is 8.26. The molecule has 30 heavy (non-hydrogen) atoms. The molecule has 7 heteroatoms. The minimum absolute atomic E-state index is 0.0994. The van der Waals surface area contributed by atoms with Crippen LogP contribution in [0.15, 0.2) is 12.1 Å². The number of anilines is 1. The van der Waals surface area contributed by atoms with Crippen LogP contribution in [0.3, 0.4) is 0 Å². The number of ether oxygens (including phenoxy) is 1. The van der Waals surface area contributed by atoms with Crippen molar-refractivity contribution in [3.63, 3.8) is 0 Å². The molecule has 0 radical (unpaired) electrons. The quantitative estimate of drug-likeness (QED) is 0.585. The Balaban J connectivity index is 1.80. The third kappa shape index (κ3) is 5.04. The van der Waals surface area contributed by atoms with Gasteiger partial charge in [0, 0.05) is 31.7 Å². The second-order valence-corrected chi connectivity index (χ2v) is 8.93. The molecule has 6 nitrogen and oxygen atoms in total. The van der Waals surface area contributed by atoms with Gasteiger partial charge in [-0.2, -0.15) is 0 Å². The lowest BCUT2D eigenvalue weighted by atomic mass is 9.78. The Hall–Kier alpha value is -1.50. The van der Waals surface area contributed by atoms with E-state index in [-0.39, 0.29) is 11.9 Å². The van der Waals surface area contributed by atoms with Crippen LogP contribution in [0.25, 0.3) is 0 Å². The summed E-state index contributed by atoms with van der Waals surface area (Å²) in [4.78, 5) is 18.4. The zero-order chi connectivity index (χ0) is 21.7. The van der Waals surface area contributed by atoms with E-state index in [0.29, 0.717) is 28.3 Å². The van der Waals surface area contributed by atoms with Crippen LogP contribution < -0.4 is 15.4 Å². The van der Waals surface area contributed by atoms with Crippen LogP contribution in [0.4, 0.5) is 5.69 Å².